The summed E-state index contributed by atoms with van der Waals surface area (Å²) in [6.45, 7) is 4.86. The van der Waals surface area contributed by atoms with E-state index in [0.29, 0.717) is 11.0 Å². The fraction of sp³-hybridized carbons (Fsp3) is 0.440. The highest BCUT2D eigenvalue weighted by molar-refractivity contribution is 8.00. The lowest BCUT2D eigenvalue weighted by atomic mass is 10.1. The van der Waals surface area contributed by atoms with E-state index >= 15 is 0 Å². The van der Waals surface area contributed by atoms with Crippen molar-refractivity contribution in [1.29, 1.82) is 0 Å². The summed E-state index contributed by atoms with van der Waals surface area (Å²) in [4.78, 5) is 73.7. The molecule has 1 aromatic heterocycles. The fourth-order valence-corrected chi connectivity index (χ4v) is 4.50. The molecule has 13 nitrogen and oxygen atoms in total. The van der Waals surface area contributed by atoms with E-state index in [1.54, 1.807) is 12.1 Å². The van der Waals surface area contributed by atoms with E-state index in [1.807, 2.05) is 19.9 Å². The van der Waals surface area contributed by atoms with Crippen molar-refractivity contribution < 1.29 is 38.6 Å². The van der Waals surface area contributed by atoms with Gasteiger partial charge in [-0.05, 0) is 38.5 Å². The number of nitrogens with two attached hydrogens (primary N) is 1. The van der Waals surface area contributed by atoms with E-state index < -0.39 is 53.8 Å². The minimum Gasteiger partial charge on any atom is -0.480 e. The Balaban J connectivity index is 2.08. The highest BCUT2D eigenvalue weighted by Gasteiger charge is 2.23. The van der Waals surface area contributed by atoms with Crippen LogP contribution in [0.1, 0.15) is 37.0 Å². The average Bonchev–Trinajstić information content (AvgIpc) is 2.89. The number of ketones is 1. The highest BCUT2D eigenvalue weighted by Crippen LogP contribution is 2.22. The number of benzene rings is 1. The van der Waals surface area contributed by atoms with Crippen molar-refractivity contribution in [1.82, 2.24) is 10.6 Å². The zero-order valence-corrected chi connectivity index (χ0v) is 22.4. The summed E-state index contributed by atoms with van der Waals surface area (Å²) in [6.07, 6.45) is -0.460. The Morgan fingerprint density at radius 3 is 2.41 bits per heavy atom. The number of nitrogens with one attached hydrogen (secondary N) is 2. The summed E-state index contributed by atoms with van der Waals surface area (Å²) < 4.78 is 5.39. The van der Waals surface area contributed by atoms with Crippen molar-refractivity contribution in [3.63, 3.8) is 0 Å². The number of carboxylic acid groups (broad SMARTS) is 2. The van der Waals surface area contributed by atoms with Crippen LogP contribution >= 0.6 is 11.8 Å². The average molecular weight is 565 g/mol. The summed E-state index contributed by atoms with van der Waals surface area (Å²) in [5.41, 5.74) is 5.64. The number of hydrogen-bond acceptors (Lipinski definition) is 10. The van der Waals surface area contributed by atoms with E-state index in [0.717, 1.165) is 30.5 Å². The van der Waals surface area contributed by atoms with Crippen molar-refractivity contribution in [2.45, 2.75) is 38.8 Å². The molecule has 0 aliphatic carbocycles. The van der Waals surface area contributed by atoms with Crippen LogP contribution in [0.4, 0.5) is 5.69 Å². The number of carbonyl (C=O) groups excluding carboxylic acids is 3. The highest BCUT2D eigenvalue weighted by atomic mass is 32.2. The van der Waals surface area contributed by atoms with Gasteiger partial charge in [0.05, 0.1) is 5.75 Å². The Labute approximate surface area is 228 Å². The van der Waals surface area contributed by atoms with E-state index in [4.69, 9.17) is 20.4 Å². The second kappa shape index (κ2) is 14.9. The van der Waals surface area contributed by atoms with Gasteiger partial charge in [-0.15, -0.1) is 0 Å². The predicted molar refractivity (Wildman–Crippen MR) is 145 cm³/mol. The second-order valence-corrected chi connectivity index (χ2v) is 9.53. The first-order valence-electron chi connectivity index (χ1n) is 12.2. The van der Waals surface area contributed by atoms with Gasteiger partial charge < -0.3 is 35.9 Å². The zero-order chi connectivity index (χ0) is 29.1. The molecule has 2 aromatic rings. The summed E-state index contributed by atoms with van der Waals surface area (Å²) >= 11 is 0.946. The SMILES string of the molecule is CCN(CC)c1ccc2cc(C(=O)CSC[C@H](NC(=O)CC[C@H](N)C(=O)O)C(=O)NCC(=O)O)c(=O)oc2c1. The lowest BCUT2D eigenvalue weighted by molar-refractivity contribution is -0.139. The number of anilines is 1. The molecule has 1 aromatic carbocycles. The third kappa shape index (κ3) is 9.41. The molecule has 1 heterocycles. The number of hydrogen-bond donors (Lipinski definition) is 5. The Hall–Kier alpha value is -3.91. The summed E-state index contributed by atoms with van der Waals surface area (Å²) in [5, 5.41) is 22.8. The Morgan fingerprint density at radius 2 is 1.79 bits per heavy atom. The molecule has 212 valence electrons. The van der Waals surface area contributed by atoms with Crippen LogP contribution in [-0.4, -0.2) is 83.0 Å². The van der Waals surface area contributed by atoms with E-state index in [9.17, 15) is 28.8 Å². The Kier molecular flexibility index (Phi) is 11.9. The molecular weight excluding hydrogens is 532 g/mol. The number of thioether (sulfide) groups is 1. The molecule has 0 fully saturated rings. The van der Waals surface area contributed by atoms with Gasteiger partial charge in [-0.2, -0.15) is 11.8 Å². The number of Topliss-reactive ketones (excluding diaryl/α,β-unsaturated/α-hetero) is 1. The molecular formula is C25H32N4O9S. The smallest absolute Gasteiger partial charge is 0.347 e. The molecule has 0 radical (unpaired) electrons. The largest absolute Gasteiger partial charge is 0.480 e. The summed E-state index contributed by atoms with van der Waals surface area (Å²) in [6, 6.07) is 4.32. The molecule has 2 amide bonds. The standard InChI is InChI=1S/C25H32N4O9S/c1-3-29(4-2)15-6-5-14-9-16(25(37)38-20(14)10-15)19(30)13-39-12-18(23(34)27-11-22(32)33)28-21(31)8-7-17(26)24(35)36/h5-6,9-10,17-18H,3-4,7-8,11-13,26H2,1-2H3,(H,27,34)(H,28,31)(H,32,33)(H,35,36)/t17-,18-/m0/s1. The van der Waals surface area contributed by atoms with Crippen molar-refractivity contribution in [3.8, 4) is 0 Å². The van der Waals surface area contributed by atoms with Gasteiger partial charge in [0.25, 0.3) is 0 Å². The third-order valence-electron chi connectivity index (χ3n) is 5.73. The maximum absolute atomic E-state index is 12.8. The maximum Gasteiger partial charge on any atom is 0.347 e. The molecule has 6 N–H and O–H groups in total. The van der Waals surface area contributed by atoms with Crippen LogP contribution in [0, 0.1) is 0 Å². The number of amides is 2. The Morgan fingerprint density at radius 1 is 1.10 bits per heavy atom. The Bertz CT molecular complexity index is 1280. The van der Waals surface area contributed by atoms with Gasteiger partial charge >= 0.3 is 17.6 Å². The van der Waals surface area contributed by atoms with E-state index in [-0.39, 0.29) is 29.9 Å². The summed E-state index contributed by atoms with van der Waals surface area (Å²) in [5.74, 6) is -4.95. The number of fused-ring (bicyclic) bond motifs is 1. The van der Waals surface area contributed by atoms with Crippen LogP contribution in [0.25, 0.3) is 11.0 Å². The number of nitrogens with zero attached hydrogens (tertiary/aromatic N) is 1. The van der Waals surface area contributed by atoms with Crippen LogP contribution in [0.5, 0.6) is 0 Å². The van der Waals surface area contributed by atoms with E-state index in [2.05, 4.69) is 15.5 Å². The van der Waals surface area contributed by atoms with Gasteiger partial charge in [0, 0.05) is 42.4 Å². The molecule has 0 bridgehead atoms. The molecule has 2 atom stereocenters. The topological polar surface area (TPSA) is 209 Å². The maximum atomic E-state index is 12.8. The molecule has 0 aliphatic heterocycles. The van der Waals surface area contributed by atoms with Gasteiger partial charge in [-0.25, -0.2) is 4.79 Å². The van der Waals surface area contributed by atoms with Crippen LogP contribution in [0.15, 0.2) is 33.5 Å². The lowest BCUT2D eigenvalue weighted by Crippen LogP contribution is -2.49. The molecule has 0 spiro atoms. The van der Waals surface area contributed by atoms with Gasteiger partial charge in [0.1, 0.15) is 29.8 Å². The molecule has 0 saturated heterocycles. The molecule has 2 rings (SSSR count). The van der Waals surface area contributed by atoms with Crippen molar-refractivity contribution in [2.24, 2.45) is 5.73 Å². The number of rotatable bonds is 16. The van der Waals surface area contributed by atoms with Gasteiger partial charge in [-0.1, -0.05) is 0 Å². The van der Waals surface area contributed by atoms with Crippen LogP contribution in [-0.2, 0) is 19.2 Å². The first-order chi connectivity index (χ1) is 18.5. The predicted octanol–water partition coefficient (Wildman–Crippen LogP) is 0.433. The van der Waals surface area contributed by atoms with Gasteiger partial charge in [0.15, 0.2) is 5.78 Å². The number of carboxylic acids is 2. The molecule has 14 heteroatoms. The van der Waals surface area contributed by atoms with Crippen molar-refractivity contribution >= 4 is 58.0 Å². The zero-order valence-electron chi connectivity index (χ0n) is 21.6. The number of aliphatic carboxylic acids is 2. The van der Waals surface area contributed by atoms with Crippen molar-refractivity contribution in [2.75, 3.05) is 36.0 Å². The number of carbonyl (C=O) groups is 5. The minimum absolute atomic E-state index is 0.125. The summed E-state index contributed by atoms with van der Waals surface area (Å²) in [7, 11) is 0. The fourth-order valence-electron chi connectivity index (χ4n) is 3.57. The first-order valence-corrected chi connectivity index (χ1v) is 13.3. The van der Waals surface area contributed by atoms with E-state index in [1.165, 1.54) is 6.07 Å². The third-order valence-corrected chi connectivity index (χ3v) is 6.77. The quantitative estimate of drug-likeness (QED) is 0.139. The van der Waals surface area contributed by atoms with Crippen LogP contribution in [0.2, 0.25) is 0 Å². The minimum atomic E-state index is -1.30. The molecule has 0 saturated carbocycles. The monoisotopic (exact) mass is 564 g/mol. The van der Waals surface area contributed by atoms with Crippen molar-refractivity contribution in [3.05, 3.63) is 40.2 Å². The lowest BCUT2D eigenvalue weighted by Gasteiger charge is -2.21. The van der Waals surface area contributed by atoms with Crippen LogP contribution < -0.4 is 26.9 Å². The van der Waals surface area contributed by atoms with Gasteiger partial charge in [-0.3, -0.25) is 24.0 Å². The van der Waals surface area contributed by atoms with Gasteiger partial charge in [0.2, 0.25) is 11.8 Å². The van der Waals surface area contributed by atoms with Crippen LogP contribution in [0.3, 0.4) is 0 Å². The first kappa shape index (κ1) is 31.3. The molecule has 39 heavy (non-hydrogen) atoms. The normalized spacial score (nSPS) is 12.4. The molecule has 0 aliphatic rings. The second-order valence-electron chi connectivity index (χ2n) is 8.50. The molecule has 0 unspecified atom stereocenters.